The first kappa shape index (κ1) is 17.0. The van der Waals surface area contributed by atoms with Crippen LogP contribution in [0.2, 0.25) is 0 Å². The summed E-state index contributed by atoms with van der Waals surface area (Å²) in [4.78, 5) is 13.6. The highest BCUT2D eigenvalue weighted by molar-refractivity contribution is 5.80. The second-order valence-corrected chi connectivity index (χ2v) is 6.37. The predicted molar refractivity (Wildman–Crippen MR) is 104 cm³/mol. The highest BCUT2D eigenvalue weighted by Gasteiger charge is 2.14. The third kappa shape index (κ3) is 3.97. The molecule has 2 nitrogen and oxygen atoms in total. The van der Waals surface area contributed by atoms with Crippen LogP contribution >= 0.6 is 0 Å². The molecule has 0 aliphatic carbocycles. The van der Waals surface area contributed by atoms with Crippen LogP contribution in [0.25, 0.3) is 0 Å². The first-order chi connectivity index (χ1) is 12.2. The largest absolute Gasteiger partial charge is 0.363 e. The Kier molecular flexibility index (Phi) is 5.30. The summed E-state index contributed by atoms with van der Waals surface area (Å²) in [5.74, 6) is 0. The van der Waals surface area contributed by atoms with Gasteiger partial charge in [0.15, 0.2) is 0 Å². The third-order valence-corrected chi connectivity index (χ3v) is 4.70. The zero-order valence-corrected chi connectivity index (χ0v) is 14.8. The zero-order valence-electron chi connectivity index (χ0n) is 14.8. The van der Waals surface area contributed by atoms with Crippen LogP contribution < -0.4 is 4.90 Å². The number of carbonyl (C=O) groups excluding carboxylic acids is 1. The minimum atomic E-state index is 0.764. The molecule has 25 heavy (non-hydrogen) atoms. The average Bonchev–Trinajstić information content (AvgIpc) is 2.65. The quantitative estimate of drug-likeness (QED) is 0.570. The predicted octanol–water partition coefficient (Wildman–Crippen LogP) is 5.32. The summed E-state index contributed by atoms with van der Waals surface area (Å²) in [5.41, 5.74) is 6.71. The van der Waals surface area contributed by atoms with Crippen molar-refractivity contribution in [2.45, 2.75) is 26.9 Å². The molecule has 0 saturated carbocycles. The Morgan fingerprint density at radius 3 is 1.72 bits per heavy atom. The molecular formula is C23H23NO. The van der Waals surface area contributed by atoms with E-state index < -0.39 is 0 Å². The molecule has 3 rings (SSSR count). The topological polar surface area (TPSA) is 20.3 Å². The van der Waals surface area contributed by atoms with E-state index in [1.807, 2.05) is 25.1 Å². The molecule has 126 valence electrons. The van der Waals surface area contributed by atoms with Gasteiger partial charge in [0.1, 0.15) is 6.29 Å². The smallest absolute Gasteiger partial charge is 0.150 e. The first-order valence-corrected chi connectivity index (χ1v) is 8.57. The van der Waals surface area contributed by atoms with Crippen LogP contribution in [0.15, 0.2) is 72.8 Å². The molecule has 0 aromatic heterocycles. The van der Waals surface area contributed by atoms with Crippen molar-refractivity contribution in [1.82, 2.24) is 0 Å². The number of hydrogen-bond acceptors (Lipinski definition) is 2. The molecule has 0 fully saturated rings. The van der Waals surface area contributed by atoms with Crippen LogP contribution in [0, 0.1) is 13.8 Å². The van der Waals surface area contributed by atoms with Crippen molar-refractivity contribution in [3.05, 3.63) is 101 Å². The summed E-state index contributed by atoms with van der Waals surface area (Å²) in [6, 6.07) is 25.0. The van der Waals surface area contributed by atoms with Crippen LogP contribution in [-0.4, -0.2) is 6.29 Å². The molecule has 3 aromatic carbocycles. The summed E-state index contributed by atoms with van der Waals surface area (Å²) in [6.07, 6.45) is 0.935. The van der Waals surface area contributed by atoms with Gasteiger partial charge < -0.3 is 4.90 Å². The summed E-state index contributed by atoms with van der Waals surface area (Å²) < 4.78 is 0. The maximum absolute atomic E-state index is 11.2. The number of hydrogen-bond donors (Lipinski definition) is 0. The van der Waals surface area contributed by atoms with Crippen molar-refractivity contribution >= 4 is 12.0 Å². The van der Waals surface area contributed by atoms with Gasteiger partial charge in [-0.1, -0.05) is 60.7 Å². The first-order valence-electron chi connectivity index (χ1n) is 8.57. The van der Waals surface area contributed by atoms with Gasteiger partial charge in [0.2, 0.25) is 0 Å². The van der Waals surface area contributed by atoms with Gasteiger partial charge in [-0.25, -0.2) is 0 Å². The van der Waals surface area contributed by atoms with E-state index in [0.29, 0.717) is 0 Å². The highest BCUT2D eigenvalue weighted by Crippen LogP contribution is 2.28. The van der Waals surface area contributed by atoms with Crippen LogP contribution in [0.5, 0.6) is 0 Å². The Morgan fingerprint density at radius 2 is 1.24 bits per heavy atom. The third-order valence-electron chi connectivity index (χ3n) is 4.70. The lowest BCUT2D eigenvalue weighted by Crippen LogP contribution is -2.23. The van der Waals surface area contributed by atoms with Crippen LogP contribution in [0.3, 0.4) is 0 Å². The van der Waals surface area contributed by atoms with Crippen molar-refractivity contribution in [3.63, 3.8) is 0 Å². The van der Waals surface area contributed by atoms with Gasteiger partial charge in [-0.2, -0.15) is 0 Å². The second-order valence-electron chi connectivity index (χ2n) is 6.37. The van der Waals surface area contributed by atoms with Gasteiger partial charge in [-0.05, 0) is 48.2 Å². The summed E-state index contributed by atoms with van der Waals surface area (Å²) in [7, 11) is 0. The van der Waals surface area contributed by atoms with Crippen molar-refractivity contribution in [2.24, 2.45) is 0 Å². The minimum absolute atomic E-state index is 0.764. The lowest BCUT2D eigenvalue weighted by Gasteiger charge is -2.28. The summed E-state index contributed by atoms with van der Waals surface area (Å²) in [6.45, 7) is 5.78. The number of carbonyl (C=O) groups is 1. The fraction of sp³-hybridized carbons (Fsp3) is 0.174. The SMILES string of the molecule is Cc1c(C=O)ccc(N(Cc2ccccc2)Cc2ccccc2)c1C. The Balaban J connectivity index is 1.98. The van der Waals surface area contributed by atoms with E-state index in [1.165, 1.54) is 16.8 Å². The summed E-state index contributed by atoms with van der Waals surface area (Å²) >= 11 is 0. The number of benzene rings is 3. The molecule has 0 atom stereocenters. The van der Waals surface area contributed by atoms with E-state index in [-0.39, 0.29) is 0 Å². The summed E-state index contributed by atoms with van der Waals surface area (Å²) in [5, 5.41) is 0. The Labute approximate surface area is 149 Å². The molecule has 0 heterocycles. The monoisotopic (exact) mass is 329 g/mol. The zero-order chi connectivity index (χ0) is 17.6. The molecule has 2 heteroatoms. The van der Waals surface area contributed by atoms with Crippen LogP contribution in [-0.2, 0) is 13.1 Å². The normalized spacial score (nSPS) is 10.5. The maximum atomic E-state index is 11.2. The molecule has 3 aromatic rings. The lowest BCUT2D eigenvalue weighted by molar-refractivity contribution is 0.112. The van der Waals surface area contributed by atoms with E-state index in [0.717, 1.165) is 36.1 Å². The Bertz CT molecular complexity index is 799. The van der Waals surface area contributed by atoms with E-state index in [9.17, 15) is 4.79 Å². The van der Waals surface area contributed by atoms with E-state index >= 15 is 0 Å². The molecule has 0 amide bonds. The Morgan fingerprint density at radius 1 is 0.720 bits per heavy atom. The van der Waals surface area contributed by atoms with E-state index in [1.54, 1.807) is 0 Å². The van der Waals surface area contributed by atoms with Gasteiger partial charge >= 0.3 is 0 Å². The fourth-order valence-corrected chi connectivity index (χ4v) is 3.13. The molecule has 0 saturated heterocycles. The van der Waals surface area contributed by atoms with Gasteiger partial charge in [0.25, 0.3) is 0 Å². The van der Waals surface area contributed by atoms with Gasteiger partial charge in [-0.15, -0.1) is 0 Å². The van der Waals surface area contributed by atoms with E-state index in [2.05, 4.69) is 66.4 Å². The molecule has 0 N–H and O–H groups in total. The Hall–Kier alpha value is -2.87. The van der Waals surface area contributed by atoms with Crippen molar-refractivity contribution < 1.29 is 4.79 Å². The van der Waals surface area contributed by atoms with Gasteiger partial charge in [-0.3, -0.25) is 4.79 Å². The molecule has 0 aliphatic heterocycles. The number of aldehydes is 1. The highest BCUT2D eigenvalue weighted by atomic mass is 16.1. The van der Waals surface area contributed by atoms with Crippen LogP contribution in [0.4, 0.5) is 5.69 Å². The van der Waals surface area contributed by atoms with Gasteiger partial charge in [0.05, 0.1) is 0 Å². The standard InChI is InChI=1S/C23H23NO/c1-18-19(2)23(14-13-22(18)17-25)24(15-20-9-5-3-6-10-20)16-21-11-7-4-8-12-21/h3-14,17H,15-16H2,1-2H3. The number of nitrogens with zero attached hydrogens (tertiary/aromatic N) is 1. The molecule has 0 aliphatic rings. The fourth-order valence-electron chi connectivity index (χ4n) is 3.13. The van der Waals surface area contributed by atoms with Crippen molar-refractivity contribution in [3.8, 4) is 0 Å². The molecule has 0 unspecified atom stereocenters. The van der Waals surface area contributed by atoms with Crippen LogP contribution in [0.1, 0.15) is 32.6 Å². The average molecular weight is 329 g/mol. The number of rotatable bonds is 6. The maximum Gasteiger partial charge on any atom is 0.150 e. The van der Waals surface area contributed by atoms with E-state index in [4.69, 9.17) is 0 Å². The molecule has 0 bridgehead atoms. The second kappa shape index (κ2) is 7.80. The lowest BCUT2D eigenvalue weighted by atomic mass is 10.0. The molecule has 0 radical (unpaired) electrons. The molecular weight excluding hydrogens is 306 g/mol. The van der Waals surface area contributed by atoms with Crippen molar-refractivity contribution in [2.75, 3.05) is 4.90 Å². The van der Waals surface area contributed by atoms with Gasteiger partial charge in [0, 0.05) is 24.3 Å². The van der Waals surface area contributed by atoms with Crippen molar-refractivity contribution in [1.29, 1.82) is 0 Å². The minimum Gasteiger partial charge on any atom is -0.363 e. The molecule has 0 spiro atoms. The number of anilines is 1.